The van der Waals surface area contributed by atoms with Gasteiger partial charge < -0.3 is 22.1 Å². The Kier molecular flexibility index (Phi) is 5.71. The normalized spacial score (nSPS) is 25.8. The summed E-state index contributed by atoms with van der Waals surface area (Å²) in [6.45, 7) is -0.184. The van der Waals surface area contributed by atoms with Crippen molar-refractivity contribution < 1.29 is 5.48 Å². The molecular formula is C8H22N4. The Bertz CT molecular complexity index is 156. The standard InChI is InChI=1S/C8H22N4/c9-3-1-5-11-7-8-12-6-2-4-10/h11-12H,1-10H2/i1D,2D,5D,6D. The number of nitrogens with one attached hydrogen (secondary N) is 2. The predicted molar refractivity (Wildman–Crippen MR) is 53.1 cm³/mol. The van der Waals surface area contributed by atoms with E-state index in [4.69, 9.17) is 17.0 Å². The molecule has 4 atom stereocenters. The minimum absolute atomic E-state index is 0.150. The lowest BCUT2D eigenvalue weighted by atomic mass is 10.4. The maximum Gasteiger partial charge on any atom is 0.0428 e. The topological polar surface area (TPSA) is 76.1 Å². The van der Waals surface area contributed by atoms with E-state index in [1.54, 1.807) is 0 Å². The van der Waals surface area contributed by atoms with Gasteiger partial charge in [-0.1, -0.05) is 0 Å². The monoisotopic (exact) mass is 178 g/mol. The van der Waals surface area contributed by atoms with Gasteiger partial charge in [0.25, 0.3) is 0 Å². The molecule has 0 radical (unpaired) electrons. The van der Waals surface area contributed by atoms with Crippen molar-refractivity contribution in [2.45, 2.75) is 12.8 Å². The number of hydrogen-bond acceptors (Lipinski definition) is 4. The van der Waals surface area contributed by atoms with Crippen molar-refractivity contribution in [1.29, 1.82) is 0 Å². The van der Waals surface area contributed by atoms with E-state index >= 15 is 0 Å². The number of hydrogen-bond donors (Lipinski definition) is 4. The van der Waals surface area contributed by atoms with Crippen LogP contribution in [-0.4, -0.2) is 39.2 Å². The highest BCUT2D eigenvalue weighted by atomic mass is 14.9. The molecule has 4 nitrogen and oxygen atoms in total. The smallest absolute Gasteiger partial charge is 0.0428 e. The Morgan fingerprint density at radius 3 is 1.67 bits per heavy atom. The Morgan fingerprint density at radius 2 is 1.33 bits per heavy atom. The maximum atomic E-state index is 7.47. The van der Waals surface area contributed by atoms with E-state index < -0.39 is 25.8 Å². The van der Waals surface area contributed by atoms with Gasteiger partial charge in [0.1, 0.15) is 0 Å². The van der Waals surface area contributed by atoms with Crippen molar-refractivity contribution in [1.82, 2.24) is 10.6 Å². The average molecular weight is 178 g/mol. The van der Waals surface area contributed by atoms with Crippen molar-refractivity contribution in [3.8, 4) is 0 Å². The van der Waals surface area contributed by atoms with E-state index in [0.717, 1.165) is 0 Å². The van der Waals surface area contributed by atoms with Crippen molar-refractivity contribution in [3.63, 3.8) is 0 Å². The van der Waals surface area contributed by atoms with Gasteiger partial charge in [-0.05, 0) is 38.9 Å². The third kappa shape index (κ3) is 9.84. The summed E-state index contributed by atoms with van der Waals surface area (Å²) < 4.78 is 29.7. The second kappa shape index (κ2) is 10.8. The predicted octanol–water partition coefficient (Wildman–Crippen LogP) is -1.14. The van der Waals surface area contributed by atoms with E-state index in [1.165, 1.54) is 0 Å². The molecule has 0 rings (SSSR count). The van der Waals surface area contributed by atoms with Gasteiger partial charge in [-0.25, -0.2) is 0 Å². The Balaban J connectivity index is 3.52. The molecule has 0 aromatic carbocycles. The first kappa shape index (κ1) is 6.32. The maximum absolute atomic E-state index is 7.47. The first-order valence-electron chi connectivity index (χ1n) is 6.39. The summed E-state index contributed by atoms with van der Waals surface area (Å²) in [5.41, 5.74) is 10.5. The molecule has 4 heteroatoms. The molecular weight excluding hydrogens is 152 g/mol. The van der Waals surface area contributed by atoms with Gasteiger partial charge in [0.05, 0.1) is 0 Å². The molecule has 0 heterocycles. The summed E-state index contributed by atoms with van der Waals surface area (Å²) in [4.78, 5) is 0. The van der Waals surface area contributed by atoms with Gasteiger partial charge in [-0.15, -0.1) is 0 Å². The van der Waals surface area contributed by atoms with Crippen LogP contribution in [0.25, 0.3) is 0 Å². The molecule has 0 aliphatic rings. The average Bonchev–Trinajstić information content (AvgIpc) is 2.31. The van der Waals surface area contributed by atoms with Gasteiger partial charge in [-0.2, -0.15) is 0 Å². The fraction of sp³-hybridized carbons (Fsp3) is 1.00. The summed E-state index contributed by atoms with van der Waals surface area (Å²) in [5, 5.41) is 5.61. The van der Waals surface area contributed by atoms with Crippen molar-refractivity contribution in [2.75, 3.05) is 39.2 Å². The summed E-state index contributed by atoms with van der Waals surface area (Å²) in [6, 6.07) is 0. The zero-order valence-electron chi connectivity index (χ0n) is 11.3. The number of rotatable bonds is 9. The van der Waals surface area contributed by atoms with Gasteiger partial charge in [-0.3, -0.25) is 0 Å². The van der Waals surface area contributed by atoms with Crippen LogP contribution in [0.4, 0.5) is 0 Å². The van der Waals surface area contributed by atoms with E-state index in [9.17, 15) is 0 Å². The van der Waals surface area contributed by atoms with E-state index in [2.05, 4.69) is 10.6 Å². The summed E-state index contributed by atoms with van der Waals surface area (Å²) >= 11 is 0. The zero-order chi connectivity index (χ0) is 12.6. The van der Waals surface area contributed by atoms with E-state index in [1.807, 2.05) is 0 Å². The van der Waals surface area contributed by atoms with Crippen LogP contribution in [0.3, 0.4) is 0 Å². The Labute approximate surface area is 80.7 Å². The van der Waals surface area contributed by atoms with E-state index in [0.29, 0.717) is 13.1 Å². The first-order valence-corrected chi connectivity index (χ1v) is 4.08. The quantitative estimate of drug-likeness (QED) is 0.337. The first-order chi connectivity index (χ1) is 7.52. The Morgan fingerprint density at radius 1 is 0.917 bits per heavy atom. The van der Waals surface area contributed by atoms with Crippen LogP contribution in [-0.2, 0) is 0 Å². The summed E-state index contributed by atoms with van der Waals surface area (Å²) in [7, 11) is 0. The highest BCUT2D eigenvalue weighted by Gasteiger charge is 1.86. The zero-order valence-corrected chi connectivity index (χ0v) is 7.29. The summed E-state index contributed by atoms with van der Waals surface area (Å²) in [5.74, 6) is 0. The highest BCUT2D eigenvalue weighted by molar-refractivity contribution is 4.52. The SMILES string of the molecule is [2H]C(CN)C([2H])NCCNC([2H])C([2H])CN. The molecule has 0 bridgehead atoms. The number of nitrogens with two attached hydrogens (primary N) is 2. The van der Waals surface area contributed by atoms with Crippen LogP contribution in [0.5, 0.6) is 0 Å². The lowest BCUT2D eigenvalue weighted by molar-refractivity contribution is 0.590. The minimum Gasteiger partial charge on any atom is -0.330 e. The molecule has 0 aliphatic heterocycles. The molecule has 0 spiro atoms. The molecule has 0 amide bonds. The van der Waals surface area contributed by atoms with Crippen LogP contribution >= 0.6 is 0 Å². The van der Waals surface area contributed by atoms with Crippen molar-refractivity contribution in [3.05, 3.63) is 0 Å². The molecule has 0 saturated carbocycles. The van der Waals surface area contributed by atoms with Crippen LogP contribution < -0.4 is 22.1 Å². The fourth-order valence-corrected chi connectivity index (χ4v) is 0.614. The fourth-order valence-electron chi connectivity index (χ4n) is 0.614. The highest BCUT2D eigenvalue weighted by Crippen LogP contribution is 1.70. The molecule has 4 unspecified atom stereocenters. The molecule has 6 N–H and O–H groups in total. The largest absolute Gasteiger partial charge is 0.330 e. The van der Waals surface area contributed by atoms with Crippen molar-refractivity contribution >= 4 is 0 Å². The van der Waals surface area contributed by atoms with Gasteiger partial charge in [0.2, 0.25) is 0 Å². The Hall–Kier alpha value is -0.160. The lowest BCUT2D eigenvalue weighted by Crippen LogP contribution is -2.29. The van der Waals surface area contributed by atoms with Crippen molar-refractivity contribution in [2.24, 2.45) is 11.5 Å². The molecule has 12 heavy (non-hydrogen) atoms. The van der Waals surface area contributed by atoms with Gasteiger partial charge in [0, 0.05) is 18.6 Å². The van der Waals surface area contributed by atoms with Gasteiger partial charge >= 0.3 is 0 Å². The molecule has 0 aromatic heterocycles. The molecule has 0 fully saturated rings. The van der Waals surface area contributed by atoms with E-state index in [-0.39, 0.29) is 13.1 Å². The lowest BCUT2D eigenvalue weighted by Gasteiger charge is -2.04. The molecule has 74 valence electrons. The van der Waals surface area contributed by atoms with Crippen LogP contribution in [0.1, 0.15) is 18.3 Å². The van der Waals surface area contributed by atoms with Crippen LogP contribution in [0, 0.1) is 0 Å². The molecule has 0 aliphatic carbocycles. The second-order valence-corrected chi connectivity index (χ2v) is 2.18. The molecule has 0 saturated heterocycles. The second-order valence-electron chi connectivity index (χ2n) is 2.18. The van der Waals surface area contributed by atoms with Crippen LogP contribution in [0.15, 0.2) is 0 Å². The summed E-state index contributed by atoms with van der Waals surface area (Å²) in [6.07, 6.45) is -1.28. The van der Waals surface area contributed by atoms with Gasteiger partial charge in [0.15, 0.2) is 0 Å². The third-order valence-corrected chi connectivity index (χ3v) is 1.16. The third-order valence-electron chi connectivity index (χ3n) is 1.16. The molecule has 0 aromatic rings. The van der Waals surface area contributed by atoms with Crippen LogP contribution in [0.2, 0.25) is 0 Å². The minimum atomic E-state index is -0.711.